The quantitative estimate of drug-likeness (QED) is 0.755. The fourth-order valence-electron chi connectivity index (χ4n) is 2.57. The summed E-state index contributed by atoms with van der Waals surface area (Å²) in [5.41, 5.74) is 0.722. The minimum atomic E-state index is -3.51. The van der Waals surface area contributed by atoms with Gasteiger partial charge in [-0.3, -0.25) is 0 Å². The highest BCUT2D eigenvalue weighted by atomic mass is 32.2. The Bertz CT molecular complexity index is 596. The van der Waals surface area contributed by atoms with Gasteiger partial charge in [0.15, 0.2) is 0 Å². The lowest BCUT2D eigenvalue weighted by atomic mass is 9.81. The van der Waals surface area contributed by atoms with Crippen molar-refractivity contribution in [3.05, 3.63) is 18.5 Å². The van der Waals surface area contributed by atoms with Crippen molar-refractivity contribution in [2.75, 3.05) is 14.1 Å². The van der Waals surface area contributed by atoms with Crippen molar-refractivity contribution >= 4 is 22.8 Å². The van der Waals surface area contributed by atoms with Crippen LogP contribution in [0.3, 0.4) is 0 Å². The molecule has 6 nitrogen and oxygen atoms in total. The van der Waals surface area contributed by atoms with Crippen molar-refractivity contribution in [3.8, 4) is 0 Å². The molecule has 1 aromatic rings. The predicted octanol–water partition coefficient (Wildman–Crippen LogP) is 0.934. The third-order valence-electron chi connectivity index (χ3n) is 3.89. The molecule has 0 radical (unpaired) electrons. The topological polar surface area (TPSA) is 60.8 Å². The van der Waals surface area contributed by atoms with Crippen molar-refractivity contribution < 1.29 is 17.7 Å². The van der Waals surface area contributed by atoms with Gasteiger partial charge in [-0.15, -0.1) is 0 Å². The molecule has 1 aliphatic heterocycles. The van der Waals surface area contributed by atoms with Gasteiger partial charge in [0.1, 0.15) is 0 Å². The Kier molecular flexibility index (Phi) is 5.06. The van der Waals surface area contributed by atoms with Crippen LogP contribution < -0.4 is 5.46 Å². The molecule has 0 N–H and O–H groups in total. The van der Waals surface area contributed by atoms with Gasteiger partial charge in [-0.1, -0.05) is 27.7 Å². The minimum Gasteiger partial charge on any atom is -0.402 e. The van der Waals surface area contributed by atoms with E-state index in [1.165, 1.54) is 28.6 Å². The second-order valence-electron chi connectivity index (χ2n) is 6.59. The molecule has 2 atom stereocenters. The minimum absolute atomic E-state index is 0.0128. The maximum absolute atomic E-state index is 12.1. The number of hydrogen-bond acceptors (Lipinski definition) is 4. The SMILES string of the molecule is CC(C)C1OB(c2ccn(S(=O)(=O)N(C)C)c2)OC1C(C)C. The zero-order valence-electron chi connectivity index (χ0n) is 14.1. The van der Waals surface area contributed by atoms with Gasteiger partial charge in [0.25, 0.3) is 0 Å². The first-order valence-electron chi connectivity index (χ1n) is 7.56. The van der Waals surface area contributed by atoms with E-state index in [1.54, 1.807) is 12.3 Å². The Balaban J connectivity index is 2.22. The van der Waals surface area contributed by atoms with Crippen molar-refractivity contribution in [3.63, 3.8) is 0 Å². The second-order valence-corrected chi connectivity index (χ2v) is 8.63. The van der Waals surface area contributed by atoms with E-state index < -0.39 is 17.3 Å². The molecule has 0 bridgehead atoms. The summed E-state index contributed by atoms with van der Waals surface area (Å²) < 4.78 is 38.6. The van der Waals surface area contributed by atoms with E-state index in [0.29, 0.717) is 11.8 Å². The Morgan fingerprint density at radius 2 is 1.64 bits per heavy atom. The second kappa shape index (κ2) is 6.35. The maximum atomic E-state index is 12.1. The van der Waals surface area contributed by atoms with Crippen molar-refractivity contribution in [2.45, 2.75) is 39.9 Å². The van der Waals surface area contributed by atoms with Crippen LogP contribution >= 0.6 is 0 Å². The van der Waals surface area contributed by atoms with Crippen LogP contribution in [-0.4, -0.2) is 50.1 Å². The normalized spacial score (nSPS) is 23.2. The molecule has 0 aromatic carbocycles. The smallest absolute Gasteiger partial charge is 0.402 e. The highest BCUT2D eigenvalue weighted by Gasteiger charge is 2.43. The lowest BCUT2D eigenvalue weighted by molar-refractivity contribution is 0.0815. The van der Waals surface area contributed by atoms with Crippen LogP contribution in [0.5, 0.6) is 0 Å². The fraction of sp³-hybridized carbons (Fsp3) is 0.714. The fourth-order valence-corrected chi connectivity index (χ4v) is 3.41. The van der Waals surface area contributed by atoms with Gasteiger partial charge < -0.3 is 9.31 Å². The summed E-state index contributed by atoms with van der Waals surface area (Å²) in [6.45, 7) is 8.42. The number of aromatic nitrogens is 1. The summed E-state index contributed by atoms with van der Waals surface area (Å²) in [5, 5.41) is 0. The van der Waals surface area contributed by atoms with Gasteiger partial charge in [-0.25, -0.2) is 3.97 Å². The maximum Gasteiger partial charge on any atom is 0.496 e. The third kappa shape index (κ3) is 3.25. The van der Waals surface area contributed by atoms with E-state index in [9.17, 15) is 8.42 Å². The molecule has 0 saturated carbocycles. The molecular formula is C14H25BN2O4S. The van der Waals surface area contributed by atoms with Crippen LogP contribution in [-0.2, 0) is 19.5 Å². The first-order valence-corrected chi connectivity index (χ1v) is 8.96. The molecule has 1 fully saturated rings. The summed E-state index contributed by atoms with van der Waals surface area (Å²) in [6, 6.07) is 1.73. The molecule has 1 aliphatic rings. The van der Waals surface area contributed by atoms with E-state index in [1.807, 2.05) is 0 Å². The van der Waals surface area contributed by atoms with E-state index in [2.05, 4.69) is 27.7 Å². The number of nitrogens with zero attached hydrogens (tertiary/aromatic N) is 2. The Morgan fingerprint density at radius 3 is 2.05 bits per heavy atom. The molecule has 124 valence electrons. The predicted molar refractivity (Wildman–Crippen MR) is 87.2 cm³/mol. The molecule has 22 heavy (non-hydrogen) atoms. The highest BCUT2D eigenvalue weighted by Crippen LogP contribution is 2.28. The summed E-state index contributed by atoms with van der Waals surface area (Å²) in [4.78, 5) is 0. The van der Waals surface area contributed by atoms with E-state index in [-0.39, 0.29) is 12.2 Å². The number of rotatable bonds is 5. The zero-order valence-corrected chi connectivity index (χ0v) is 14.9. The Labute approximate surface area is 133 Å². The molecule has 0 aliphatic carbocycles. The van der Waals surface area contributed by atoms with Crippen LogP contribution in [0.2, 0.25) is 0 Å². The van der Waals surface area contributed by atoms with Crippen molar-refractivity contribution in [2.24, 2.45) is 11.8 Å². The van der Waals surface area contributed by atoms with Gasteiger partial charge in [0.05, 0.1) is 12.2 Å². The zero-order chi connectivity index (χ0) is 16.7. The van der Waals surface area contributed by atoms with Gasteiger partial charge in [0, 0.05) is 32.0 Å². The lowest BCUT2D eigenvalue weighted by Crippen LogP contribution is -2.33. The van der Waals surface area contributed by atoms with Gasteiger partial charge in [0.2, 0.25) is 0 Å². The van der Waals surface area contributed by atoms with Crippen LogP contribution in [0.4, 0.5) is 0 Å². The summed E-state index contributed by atoms with van der Waals surface area (Å²) in [7, 11) is -1.02. The molecular weight excluding hydrogens is 303 g/mol. The summed E-state index contributed by atoms with van der Waals surface area (Å²) in [6.07, 6.45) is 3.10. The van der Waals surface area contributed by atoms with Crippen molar-refractivity contribution in [1.29, 1.82) is 0 Å². The molecule has 2 unspecified atom stereocenters. The molecule has 1 aromatic heterocycles. The van der Waals surface area contributed by atoms with Crippen molar-refractivity contribution in [1.82, 2.24) is 8.28 Å². The van der Waals surface area contributed by atoms with Crippen LogP contribution in [0, 0.1) is 11.8 Å². The van der Waals surface area contributed by atoms with Crippen LogP contribution in [0.1, 0.15) is 27.7 Å². The van der Waals surface area contributed by atoms with Gasteiger partial charge in [-0.2, -0.15) is 12.7 Å². The van der Waals surface area contributed by atoms with Gasteiger partial charge in [-0.05, 0) is 17.9 Å². The first-order chi connectivity index (χ1) is 10.1. The molecule has 0 amide bonds. The summed E-state index contributed by atoms with van der Waals surface area (Å²) >= 11 is 0. The van der Waals surface area contributed by atoms with Crippen LogP contribution in [0.15, 0.2) is 18.5 Å². The molecule has 2 heterocycles. The Hall–Kier alpha value is -0.825. The van der Waals surface area contributed by atoms with Gasteiger partial charge >= 0.3 is 17.3 Å². The molecule has 1 saturated heterocycles. The highest BCUT2D eigenvalue weighted by molar-refractivity contribution is 7.87. The summed E-state index contributed by atoms with van der Waals surface area (Å²) in [5.74, 6) is 0.676. The average molecular weight is 328 g/mol. The molecule has 0 spiro atoms. The van der Waals surface area contributed by atoms with Crippen LogP contribution in [0.25, 0.3) is 0 Å². The Morgan fingerprint density at radius 1 is 1.14 bits per heavy atom. The molecule has 2 rings (SSSR count). The molecule has 8 heteroatoms. The van der Waals surface area contributed by atoms with E-state index in [0.717, 1.165) is 5.46 Å². The van der Waals surface area contributed by atoms with E-state index >= 15 is 0 Å². The standard InChI is InChI=1S/C14H25BN2O4S/c1-10(2)13-14(11(3)4)21-15(20-13)12-7-8-17(9-12)22(18,19)16(5)6/h7-11,13-14H,1-6H3. The largest absolute Gasteiger partial charge is 0.496 e. The van der Waals surface area contributed by atoms with E-state index in [4.69, 9.17) is 9.31 Å². The third-order valence-corrected chi connectivity index (χ3v) is 5.57. The number of hydrogen-bond donors (Lipinski definition) is 0. The average Bonchev–Trinajstić information content (AvgIpc) is 3.05. The first kappa shape index (κ1) is 17.5. The lowest BCUT2D eigenvalue weighted by Gasteiger charge is -2.24. The monoisotopic (exact) mass is 328 g/mol.